The SMILES string of the molecule is CCCC1CNC(=O)Cc2c1[nH]c1c(Cl)c(Cl)cc(Br)c21. The number of hydrogen-bond acceptors (Lipinski definition) is 1. The van der Waals surface area contributed by atoms with E-state index in [2.05, 4.69) is 33.2 Å². The molecule has 3 nitrogen and oxygen atoms in total. The first-order chi connectivity index (χ1) is 10.0. The Bertz CT molecular complexity index is 726. The van der Waals surface area contributed by atoms with Crippen LogP contribution in [0.2, 0.25) is 10.0 Å². The smallest absolute Gasteiger partial charge is 0.224 e. The van der Waals surface area contributed by atoms with E-state index in [-0.39, 0.29) is 11.8 Å². The molecule has 1 aromatic heterocycles. The Morgan fingerprint density at radius 3 is 2.90 bits per heavy atom. The summed E-state index contributed by atoms with van der Waals surface area (Å²) in [6.07, 6.45) is 2.44. The van der Waals surface area contributed by atoms with Gasteiger partial charge in [0.15, 0.2) is 0 Å². The molecular formula is C15H15BrCl2N2O. The van der Waals surface area contributed by atoms with E-state index in [1.165, 1.54) is 0 Å². The van der Waals surface area contributed by atoms with Gasteiger partial charge in [0, 0.05) is 28.0 Å². The molecule has 0 fully saturated rings. The van der Waals surface area contributed by atoms with Crippen molar-refractivity contribution in [3.63, 3.8) is 0 Å². The number of amides is 1. The summed E-state index contributed by atoms with van der Waals surface area (Å²) >= 11 is 16.0. The van der Waals surface area contributed by atoms with Crippen LogP contribution in [0.15, 0.2) is 10.5 Å². The predicted octanol–water partition coefficient (Wildman–Crippen LogP) is 4.79. The van der Waals surface area contributed by atoms with Crippen LogP contribution in [-0.2, 0) is 11.2 Å². The normalized spacial score (nSPS) is 18.5. The number of carbonyl (C=O) groups excluding carboxylic acids is 1. The zero-order valence-electron chi connectivity index (χ0n) is 11.5. The summed E-state index contributed by atoms with van der Waals surface area (Å²) in [4.78, 5) is 15.4. The number of aromatic amines is 1. The number of carbonyl (C=O) groups is 1. The number of H-pyrrole nitrogens is 1. The van der Waals surface area contributed by atoms with Gasteiger partial charge in [0.25, 0.3) is 0 Å². The molecule has 1 unspecified atom stereocenters. The summed E-state index contributed by atoms with van der Waals surface area (Å²) in [7, 11) is 0. The molecule has 0 radical (unpaired) electrons. The number of aromatic nitrogens is 1. The molecule has 2 heterocycles. The third kappa shape index (κ3) is 2.58. The maximum atomic E-state index is 12.0. The highest BCUT2D eigenvalue weighted by Crippen LogP contribution is 2.41. The van der Waals surface area contributed by atoms with Crippen LogP contribution < -0.4 is 5.32 Å². The van der Waals surface area contributed by atoms with E-state index >= 15 is 0 Å². The van der Waals surface area contributed by atoms with Crippen molar-refractivity contribution >= 4 is 55.9 Å². The van der Waals surface area contributed by atoms with Crippen LogP contribution in [0.1, 0.15) is 36.9 Å². The van der Waals surface area contributed by atoms with Gasteiger partial charge in [0.2, 0.25) is 5.91 Å². The highest BCUT2D eigenvalue weighted by atomic mass is 79.9. The van der Waals surface area contributed by atoms with Crippen LogP contribution in [0.4, 0.5) is 0 Å². The van der Waals surface area contributed by atoms with Crippen LogP contribution in [-0.4, -0.2) is 17.4 Å². The van der Waals surface area contributed by atoms with E-state index in [4.69, 9.17) is 23.2 Å². The Hall–Kier alpha value is -0.710. The molecule has 3 rings (SSSR count). The standard InChI is InChI=1S/C15H15BrCl2N2O/c1-2-3-7-6-19-11(21)4-8-12-9(16)5-10(17)13(18)15(12)20-14(7)8/h5,7,20H,2-4,6H2,1H3,(H,19,21). The molecule has 112 valence electrons. The van der Waals surface area contributed by atoms with E-state index < -0.39 is 0 Å². The third-order valence-electron chi connectivity index (χ3n) is 3.99. The van der Waals surface area contributed by atoms with Crippen molar-refractivity contribution in [2.24, 2.45) is 0 Å². The Labute approximate surface area is 141 Å². The fourth-order valence-corrected chi connectivity index (χ4v) is 4.24. The van der Waals surface area contributed by atoms with Gasteiger partial charge >= 0.3 is 0 Å². The van der Waals surface area contributed by atoms with Gasteiger partial charge in [0.1, 0.15) is 0 Å². The monoisotopic (exact) mass is 388 g/mol. The Morgan fingerprint density at radius 1 is 1.43 bits per heavy atom. The zero-order chi connectivity index (χ0) is 15.1. The minimum atomic E-state index is 0.0497. The average molecular weight is 390 g/mol. The van der Waals surface area contributed by atoms with Crippen molar-refractivity contribution in [1.82, 2.24) is 10.3 Å². The van der Waals surface area contributed by atoms with Gasteiger partial charge in [-0.15, -0.1) is 0 Å². The van der Waals surface area contributed by atoms with Gasteiger partial charge in [-0.05, 0) is 18.1 Å². The lowest BCUT2D eigenvalue weighted by atomic mass is 9.96. The molecule has 21 heavy (non-hydrogen) atoms. The number of benzene rings is 1. The molecule has 2 aromatic rings. The summed E-state index contributed by atoms with van der Waals surface area (Å²) in [6.45, 7) is 2.81. The Balaban J connectivity index is 2.29. The molecule has 1 atom stereocenters. The lowest BCUT2D eigenvalue weighted by Gasteiger charge is -2.13. The third-order valence-corrected chi connectivity index (χ3v) is 5.40. The molecule has 0 spiro atoms. The topological polar surface area (TPSA) is 44.9 Å². The first-order valence-electron chi connectivity index (χ1n) is 6.97. The summed E-state index contributed by atoms with van der Waals surface area (Å²) in [5.74, 6) is 0.333. The van der Waals surface area contributed by atoms with Crippen molar-refractivity contribution in [3.05, 3.63) is 31.8 Å². The minimum absolute atomic E-state index is 0.0497. The molecule has 0 saturated carbocycles. The second-order valence-corrected chi connectivity index (χ2v) is 7.03. The predicted molar refractivity (Wildman–Crippen MR) is 90.4 cm³/mol. The molecule has 1 aliphatic heterocycles. The van der Waals surface area contributed by atoms with E-state index in [0.29, 0.717) is 23.0 Å². The molecule has 1 aliphatic rings. The molecule has 1 amide bonds. The fourth-order valence-electron chi connectivity index (χ4n) is 3.04. The van der Waals surface area contributed by atoms with Crippen LogP contribution in [0.3, 0.4) is 0 Å². The molecule has 0 saturated heterocycles. The maximum Gasteiger partial charge on any atom is 0.224 e. The summed E-state index contributed by atoms with van der Waals surface area (Å²) in [5.41, 5.74) is 2.95. The van der Waals surface area contributed by atoms with Crippen LogP contribution >= 0.6 is 39.1 Å². The van der Waals surface area contributed by atoms with E-state index in [1.54, 1.807) is 6.07 Å². The number of rotatable bonds is 2. The maximum absolute atomic E-state index is 12.0. The second kappa shape index (κ2) is 5.82. The van der Waals surface area contributed by atoms with Gasteiger partial charge in [-0.3, -0.25) is 4.79 Å². The largest absolute Gasteiger partial charge is 0.357 e. The molecule has 6 heteroatoms. The van der Waals surface area contributed by atoms with Gasteiger partial charge < -0.3 is 10.3 Å². The highest BCUT2D eigenvalue weighted by molar-refractivity contribution is 9.10. The van der Waals surface area contributed by atoms with Crippen molar-refractivity contribution in [1.29, 1.82) is 0 Å². The average Bonchev–Trinajstić information content (AvgIpc) is 2.74. The van der Waals surface area contributed by atoms with Gasteiger partial charge in [0.05, 0.1) is 22.0 Å². The van der Waals surface area contributed by atoms with Crippen LogP contribution in [0, 0.1) is 0 Å². The molecule has 0 aliphatic carbocycles. The van der Waals surface area contributed by atoms with Crippen molar-refractivity contribution in [3.8, 4) is 0 Å². The number of hydrogen-bond donors (Lipinski definition) is 2. The fraction of sp³-hybridized carbons (Fsp3) is 0.400. The summed E-state index contributed by atoms with van der Waals surface area (Å²) < 4.78 is 0.870. The van der Waals surface area contributed by atoms with E-state index in [1.807, 2.05) is 0 Å². The first kappa shape index (κ1) is 15.2. The number of nitrogens with one attached hydrogen (secondary N) is 2. The second-order valence-electron chi connectivity index (χ2n) is 5.39. The lowest BCUT2D eigenvalue weighted by molar-refractivity contribution is -0.120. The summed E-state index contributed by atoms with van der Waals surface area (Å²) in [5, 5.41) is 4.98. The lowest BCUT2D eigenvalue weighted by Crippen LogP contribution is -2.26. The zero-order valence-corrected chi connectivity index (χ0v) is 14.6. The quantitative estimate of drug-likeness (QED) is 0.712. The van der Waals surface area contributed by atoms with Gasteiger partial charge in [-0.25, -0.2) is 0 Å². The molecule has 1 aromatic carbocycles. The van der Waals surface area contributed by atoms with E-state index in [9.17, 15) is 4.79 Å². The molecule has 2 N–H and O–H groups in total. The van der Waals surface area contributed by atoms with Gasteiger partial charge in [-0.2, -0.15) is 0 Å². The number of fused-ring (bicyclic) bond motifs is 3. The van der Waals surface area contributed by atoms with E-state index in [0.717, 1.165) is 39.5 Å². The number of halogens is 3. The van der Waals surface area contributed by atoms with Crippen molar-refractivity contribution in [2.45, 2.75) is 32.1 Å². The minimum Gasteiger partial charge on any atom is -0.357 e. The summed E-state index contributed by atoms with van der Waals surface area (Å²) in [6, 6.07) is 1.79. The van der Waals surface area contributed by atoms with Crippen molar-refractivity contribution in [2.75, 3.05) is 6.54 Å². The highest BCUT2D eigenvalue weighted by Gasteiger charge is 2.27. The molecule has 0 bridgehead atoms. The van der Waals surface area contributed by atoms with Crippen LogP contribution in [0.5, 0.6) is 0 Å². The van der Waals surface area contributed by atoms with Crippen molar-refractivity contribution < 1.29 is 4.79 Å². The van der Waals surface area contributed by atoms with Gasteiger partial charge in [-0.1, -0.05) is 52.5 Å². The first-order valence-corrected chi connectivity index (χ1v) is 8.52. The Morgan fingerprint density at radius 2 is 2.19 bits per heavy atom. The molecular weight excluding hydrogens is 375 g/mol. The Kier molecular flexibility index (Phi) is 4.21. The van der Waals surface area contributed by atoms with Crippen LogP contribution in [0.25, 0.3) is 10.9 Å².